The molecule has 100 valence electrons. The SMILES string of the molecule is Nc1ncn(CC(=O)NCCc2cccc(Cl)c2)n1. The van der Waals surface area contributed by atoms with Gasteiger partial charge in [0.25, 0.3) is 0 Å². The number of rotatable bonds is 5. The van der Waals surface area contributed by atoms with E-state index in [1.165, 1.54) is 11.0 Å². The third kappa shape index (κ3) is 4.26. The predicted molar refractivity (Wildman–Crippen MR) is 72.6 cm³/mol. The van der Waals surface area contributed by atoms with Gasteiger partial charge < -0.3 is 11.1 Å². The van der Waals surface area contributed by atoms with Gasteiger partial charge in [0.05, 0.1) is 0 Å². The van der Waals surface area contributed by atoms with Gasteiger partial charge in [0.2, 0.25) is 11.9 Å². The lowest BCUT2D eigenvalue weighted by molar-refractivity contribution is -0.121. The highest BCUT2D eigenvalue weighted by Crippen LogP contribution is 2.10. The molecule has 0 atom stereocenters. The number of amides is 1. The van der Waals surface area contributed by atoms with Gasteiger partial charge in [-0.3, -0.25) is 4.79 Å². The Balaban J connectivity index is 1.75. The van der Waals surface area contributed by atoms with Crippen LogP contribution in [0.4, 0.5) is 5.95 Å². The van der Waals surface area contributed by atoms with Crippen LogP contribution >= 0.6 is 11.6 Å². The number of nitrogens with zero attached hydrogens (tertiary/aromatic N) is 3. The Morgan fingerprint density at radius 2 is 2.32 bits per heavy atom. The fourth-order valence-corrected chi connectivity index (χ4v) is 1.84. The highest BCUT2D eigenvalue weighted by atomic mass is 35.5. The van der Waals surface area contributed by atoms with Gasteiger partial charge in [-0.05, 0) is 24.1 Å². The summed E-state index contributed by atoms with van der Waals surface area (Å²) in [6, 6.07) is 7.55. The minimum atomic E-state index is -0.132. The number of anilines is 1. The molecule has 0 saturated heterocycles. The van der Waals surface area contributed by atoms with Crippen LogP contribution in [0.3, 0.4) is 0 Å². The molecule has 0 aliphatic rings. The van der Waals surface area contributed by atoms with Crippen molar-refractivity contribution in [3.63, 3.8) is 0 Å². The summed E-state index contributed by atoms with van der Waals surface area (Å²) in [4.78, 5) is 15.4. The molecule has 0 radical (unpaired) electrons. The van der Waals surface area contributed by atoms with E-state index in [-0.39, 0.29) is 18.4 Å². The number of carbonyl (C=O) groups is 1. The quantitative estimate of drug-likeness (QED) is 0.850. The van der Waals surface area contributed by atoms with Crippen molar-refractivity contribution in [1.29, 1.82) is 0 Å². The lowest BCUT2D eigenvalue weighted by Gasteiger charge is -2.05. The third-order valence-electron chi connectivity index (χ3n) is 2.48. The molecule has 0 saturated carbocycles. The average molecular weight is 280 g/mol. The first-order valence-electron chi connectivity index (χ1n) is 5.79. The van der Waals surface area contributed by atoms with E-state index in [1.54, 1.807) is 0 Å². The van der Waals surface area contributed by atoms with Crippen LogP contribution < -0.4 is 11.1 Å². The summed E-state index contributed by atoms with van der Waals surface area (Å²) in [6.07, 6.45) is 2.15. The molecule has 0 spiro atoms. The first-order chi connectivity index (χ1) is 9.13. The normalized spacial score (nSPS) is 10.4. The van der Waals surface area contributed by atoms with E-state index in [2.05, 4.69) is 15.4 Å². The molecule has 0 aliphatic heterocycles. The number of nitrogen functional groups attached to an aromatic ring is 1. The minimum Gasteiger partial charge on any atom is -0.367 e. The Morgan fingerprint density at radius 3 is 3.00 bits per heavy atom. The molecule has 1 aromatic carbocycles. The van der Waals surface area contributed by atoms with Gasteiger partial charge in [0.1, 0.15) is 12.9 Å². The molecule has 2 aromatic rings. The largest absolute Gasteiger partial charge is 0.367 e. The van der Waals surface area contributed by atoms with Crippen molar-refractivity contribution in [3.8, 4) is 0 Å². The number of aromatic nitrogens is 3. The van der Waals surface area contributed by atoms with Crippen LogP contribution in [-0.2, 0) is 17.8 Å². The van der Waals surface area contributed by atoms with Crippen molar-refractivity contribution in [2.24, 2.45) is 0 Å². The maximum atomic E-state index is 11.6. The van der Waals surface area contributed by atoms with E-state index in [4.69, 9.17) is 17.3 Å². The van der Waals surface area contributed by atoms with Crippen molar-refractivity contribution in [2.45, 2.75) is 13.0 Å². The van der Waals surface area contributed by atoms with Crippen molar-refractivity contribution in [3.05, 3.63) is 41.2 Å². The van der Waals surface area contributed by atoms with Gasteiger partial charge in [0, 0.05) is 11.6 Å². The van der Waals surface area contributed by atoms with Crippen LogP contribution in [0, 0.1) is 0 Å². The van der Waals surface area contributed by atoms with E-state index in [0.717, 1.165) is 12.0 Å². The molecule has 19 heavy (non-hydrogen) atoms. The van der Waals surface area contributed by atoms with Gasteiger partial charge in [0.15, 0.2) is 0 Å². The molecule has 1 aromatic heterocycles. The van der Waals surface area contributed by atoms with Crippen molar-refractivity contribution >= 4 is 23.5 Å². The van der Waals surface area contributed by atoms with Gasteiger partial charge in [-0.1, -0.05) is 23.7 Å². The summed E-state index contributed by atoms with van der Waals surface area (Å²) in [5, 5.41) is 7.33. The molecule has 7 heteroatoms. The van der Waals surface area contributed by atoms with Gasteiger partial charge in [-0.15, -0.1) is 5.10 Å². The van der Waals surface area contributed by atoms with Crippen LogP contribution in [0.25, 0.3) is 0 Å². The first-order valence-corrected chi connectivity index (χ1v) is 6.17. The lowest BCUT2D eigenvalue weighted by Crippen LogP contribution is -2.29. The number of halogens is 1. The second-order valence-corrected chi connectivity index (χ2v) is 4.47. The number of carbonyl (C=O) groups excluding carboxylic acids is 1. The minimum absolute atomic E-state index is 0.111. The molecule has 0 fully saturated rings. The topological polar surface area (TPSA) is 85.8 Å². The molecular weight excluding hydrogens is 266 g/mol. The Morgan fingerprint density at radius 1 is 1.47 bits per heavy atom. The predicted octanol–water partition coefficient (Wildman–Crippen LogP) is 0.873. The Labute approximate surface area is 115 Å². The standard InChI is InChI=1S/C12H14ClN5O/c13-10-3-1-2-9(6-10)4-5-15-11(19)7-18-8-16-12(14)17-18/h1-3,6,8H,4-5,7H2,(H2,14,17)(H,15,19). The molecule has 0 bridgehead atoms. The van der Waals surface area contributed by atoms with E-state index in [1.807, 2.05) is 24.3 Å². The number of hydrogen-bond donors (Lipinski definition) is 2. The molecule has 3 N–H and O–H groups in total. The molecule has 0 aliphatic carbocycles. The Bertz CT molecular complexity index is 569. The van der Waals surface area contributed by atoms with Crippen LogP contribution in [0.2, 0.25) is 5.02 Å². The summed E-state index contributed by atoms with van der Waals surface area (Å²) in [5.74, 6) is 0.0265. The van der Waals surface area contributed by atoms with E-state index >= 15 is 0 Å². The third-order valence-corrected chi connectivity index (χ3v) is 2.72. The fraction of sp³-hybridized carbons (Fsp3) is 0.250. The number of nitrogens with two attached hydrogens (primary N) is 1. The first kappa shape index (κ1) is 13.4. The van der Waals surface area contributed by atoms with E-state index in [9.17, 15) is 4.79 Å². The summed E-state index contributed by atoms with van der Waals surface area (Å²) in [6.45, 7) is 0.656. The molecule has 1 amide bonds. The number of benzene rings is 1. The van der Waals surface area contributed by atoms with Gasteiger partial charge in [-0.25, -0.2) is 9.67 Å². The Kier molecular flexibility index (Phi) is 4.35. The summed E-state index contributed by atoms with van der Waals surface area (Å²) in [7, 11) is 0. The van der Waals surface area contributed by atoms with Crippen molar-refractivity contribution < 1.29 is 4.79 Å². The zero-order valence-corrected chi connectivity index (χ0v) is 11.0. The van der Waals surface area contributed by atoms with Crippen LogP contribution in [0.1, 0.15) is 5.56 Å². The van der Waals surface area contributed by atoms with Crippen LogP contribution in [-0.4, -0.2) is 27.2 Å². The zero-order chi connectivity index (χ0) is 13.7. The van der Waals surface area contributed by atoms with E-state index < -0.39 is 0 Å². The Hall–Kier alpha value is -2.08. The van der Waals surface area contributed by atoms with Crippen LogP contribution in [0.15, 0.2) is 30.6 Å². The summed E-state index contributed by atoms with van der Waals surface area (Å²) < 4.78 is 1.39. The lowest BCUT2D eigenvalue weighted by atomic mass is 10.1. The second kappa shape index (κ2) is 6.19. The number of hydrogen-bond acceptors (Lipinski definition) is 4. The summed E-state index contributed by atoms with van der Waals surface area (Å²) >= 11 is 5.88. The highest BCUT2D eigenvalue weighted by Gasteiger charge is 2.04. The number of nitrogens with one attached hydrogen (secondary N) is 1. The average Bonchev–Trinajstić information content (AvgIpc) is 2.75. The highest BCUT2D eigenvalue weighted by molar-refractivity contribution is 6.30. The fourth-order valence-electron chi connectivity index (χ4n) is 1.63. The van der Waals surface area contributed by atoms with Crippen molar-refractivity contribution in [1.82, 2.24) is 20.1 Å². The smallest absolute Gasteiger partial charge is 0.241 e. The maximum Gasteiger partial charge on any atom is 0.241 e. The molecule has 6 nitrogen and oxygen atoms in total. The van der Waals surface area contributed by atoms with Crippen LogP contribution in [0.5, 0.6) is 0 Å². The van der Waals surface area contributed by atoms with Crippen molar-refractivity contribution in [2.75, 3.05) is 12.3 Å². The molecule has 2 rings (SSSR count). The van der Waals surface area contributed by atoms with Gasteiger partial charge in [-0.2, -0.15) is 0 Å². The summed E-state index contributed by atoms with van der Waals surface area (Å²) in [5.41, 5.74) is 6.44. The zero-order valence-electron chi connectivity index (χ0n) is 10.2. The van der Waals surface area contributed by atoms with E-state index in [0.29, 0.717) is 11.6 Å². The second-order valence-electron chi connectivity index (χ2n) is 4.03. The molecule has 0 unspecified atom stereocenters. The maximum absolute atomic E-state index is 11.6. The molecular formula is C12H14ClN5O. The molecule has 1 heterocycles. The van der Waals surface area contributed by atoms with Gasteiger partial charge >= 0.3 is 0 Å². The monoisotopic (exact) mass is 279 g/mol.